The van der Waals surface area contributed by atoms with Crippen molar-refractivity contribution in [2.75, 3.05) is 6.61 Å². The molecule has 2 aromatic carbocycles. The summed E-state index contributed by atoms with van der Waals surface area (Å²) in [6.45, 7) is 0.472. The Morgan fingerprint density at radius 1 is 1.03 bits per heavy atom. The maximum atomic E-state index is 12.6. The SMILES string of the molecule is O=C1OCCC=CCC/C=C/C(NOCc2ccccc2)=C/c2c(Cl)c(O)cc(O)c21. The first-order chi connectivity index (χ1) is 15.1. The molecule has 0 saturated carbocycles. The molecule has 0 aliphatic carbocycles. The van der Waals surface area contributed by atoms with Crippen LogP contribution in [0.3, 0.4) is 0 Å². The molecule has 1 aliphatic heterocycles. The van der Waals surface area contributed by atoms with Crippen LogP contribution in [0.5, 0.6) is 11.5 Å². The molecule has 2 aromatic rings. The molecular weight excluding hydrogens is 418 g/mol. The number of halogens is 1. The molecule has 0 saturated heterocycles. The lowest BCUT2D eigenvalue weighted by molar-refractivity contribution is 0.0506. The summed E-state index contributed by atoms with van der Waals surface area (Å²) in [5.74, 6) is -1.50. The van der Waals surface area contributed by atoms with Crippen molar-refractivity contribution in [1.29, 1.82) is 0 Å². The number of benzene rings is 2. The summed E-state index contributed by atoms with van der Waals surface area (Å²) in [7, 11) is 0. The van der Waals surface area contributed by atoms with Crippen molar-refractivity contribution in [1.82, 2.24) is 5.48 Å². The van der Waals surface area contributed by atoms with E-state index in [2.05, 4.69) is 5.48 Å². The van der Waals surface area contributed by atoms with Crippen LogP contribution in [0.4, 0.5) is 0 Å². The van der Waals surface area contributed by atoms with Crippen LogP contribution in [-0.2, 0) is 16.2 Å². The van der Waals surface area contributed by atoms with Gasteiger partial charge in [0, 0.05) is 11.6 Å². The van der Waals surface area contributed by atoms with Gasteiger partial charge in [-0.2, -0.15) is 0 Å². The number of hydrogen-bond acceptors (Lipinski definition) is 6. The average Bonchev–Trinajstić information content (AvgIpc) is 2.76. The zero-order valence-corrected chi connectivity index (χ0v) is 17.6. The highest BCUT2D eigenvalue weighted by Crippen LogP contribution is 2.38. The predicted octanol–water partition coefficient (Wildman–Crippen LogP) is 5.27. The van der Waals surface area contributed by atoms with Crippen molar-refractivity contribution in [3.05, 3.63) is 88.1 Å². The minimum Gasteiger partial charge on any atom is -0.507 e. The number of cyclic esters (lactones) is 1. The quantitative estimate of drug-likeness (QED) is 0.340. The third kappa shape index (κ3) is 6.38. The van der Waals surface area contributed by atoms with Gasteiger partial charge < -0.3 is 14.9 Å². The number of nitrogens with one attached hydrogen (secondary N) is 1. The number of esters is 1. The lowest BCUT2D eigenvalue weighted by atomic mass is 10.0. The summed E-state index contributed by atoms with van der Waals surface area (Å²) in [4.78, 5) is 18.2. The first-order valence-corrected chi connectivity index (χ1v) is 10.3. The van der Waals surface area contributed by atoms with Crippen LogP contribution in [0.25, 0.3) is 6.08 Å². The van der Waals surface area contributed by atoms with Crippen LogP contribution >= 0.6 is 11.6 Å². The minimum absolute atomic E-state index is 0.0764. The molecule has 3 N–H and O–H groups in total. The molecule has 0 spiro atoms. The number of carbonyl (C=O) groups is 1. The van der Waals surface area contributed by atoms with Gasteiger partial charge in [0.15, 0.2) is 0 Å². The lowest BCUT2D eigenvalue weighted by Gasteiger charge is -2.14. The second-order valence-electron chi connectivity index (χ2n) is 6.87. The maximum Gasteiger partial charge on any atom is 0.342 e. The van der Waals surface area contributed by atoms with Gasteiger partial charge in [0.25, 0.3) is 0 Å². The molecular formula is C24H24ClNO5. The lowest BCUT2D eigenvalue weighted by Crippen LogP contribution is -2.14. The van der Waals surface area contributed by atoms with E-state index in [9.17, 15) is 15.0 Å². The fourth-order valence-corrected chi connectivity index (χ4v) is 3.18. The van der Waals surface area contributed by atoms with Crippen LogP contribution in [0.2, 0.25) is 5.02 Å². The smallest absolute Gasteiger partial charge is 0.342 e. The van der Waals surface area contributed by atoms with Crippen molar-refractivity contribution >= 4 is 23.6 Å². The van der Waals surface area contributed by atoms with E-state index in [1.165, 1.54) is 6.08 Å². The van der Waals surface area contributed by atoms with Gasteiger partial charge in [0.1, 0.15) is 17.1 Å². The standard InChI is InChI=1S/C24H24ClNO5/c25-23-19-14-18(26-31-16-17-10-6-5-7-11-17)12-8-3-1-2-4-9-13-30-24(29)22(19)20(27)15-21(23)28/h2,4-8,10-12,14-15,26-28H,1,3,9,13,16H2/b4-2?,12-8+,18-14-. The molecule has 0 aromatic heterocycles. The number of phenolic OH excluding ortho intramolecular Hbond substituents is 2. The Kier molecular flexibility index (Phi) is 8.15. The Labute approximate surface area is 186 Å². The monoisotopic (exact) mass is 441 g/mol. The number of hydrogen-bond donors (Lipinski definition) is 3. The number of fused-ring (bicyclic) bond motifs is 1. The van der Waals surface area contributed by atoms with Crippen LogP contribution in [0.1, 0.15) is 40.7 Å². The Hall–Kier alpha value is -3.22. The Bertz CT molecular complexity index is 999. The van der Waals surface area contributed by atoms with E-state index in [1.807, 2.05) is 48.6 Å². The van der Waals surface area contributed by atoms with Crippen LogP contribution < -0.4 is 5.48 Å². The van der Waals surface area contributed by atoms with Gasteiger partial charge in [0.05, 0.1) is 23.9 Å². The maximum absolute atomic E-state index is 12.6. The van der Waals surface area contributed by atoms with E-state index in [1.54, 1.807) is 6.08 Å². The molecule has 31 heavy (non-hydrogen) atoms. The summed E-state index contributed by atoms with van der Waals surface area (Å²) >= 11 is 6.28. The number of rotatable bonds is 4. The normalized spacial score (nSPS) is 17.6. The molecule has 1 heterocycles. The van der Waals surface area contributed by atoms with Gasteiger partial charge in [0.2, 0.25) is 0 Å². The van der Waals surface area contributed by atoms with E-state index in [0.29, 0.717) is 18.7 Å². The molecule has 7 heteroatoms. The number of ether oxygens (including phenoxy) is 1. The first kappa shape index (κ1) is 22.5. The van der Waals surface area contributed by atoms with Crippen molar-refractivity contribution in [3.63, 3.8) is 0 Å². The van der Waals surface area contributed by atoms with E-state index in [-0.39, 0.29) is 28.5 Å². The summed E-state index contributed by atoms with van der Waals surface area (Å²) in [5.41, 5.74) is 4.32. The van der Waals surface area contributed by atoms with E-state index >= 15 is 0 Å². The molecule has 0 amide bonds. The highest BCUT2D eigenvalue weighted by molar-refractivity contribution is 6.34. The Morgan fingerprint density at radius 2 is 1.77 bits per heavy atom. The molecule has 0 radical (unpaired) electrons. The number of carbonyl (C=O) groups excluding carboxylic acids is 1. The predicted molar refractivity (Wildman–Crippen MR) is 120 cm³/mol. The van der Waals surface area contributed by atoms with Gasteiger partial charge in [-0.15, -0.1) is 0 Å². The topological polar surface area (TPSA) is 88.0 Å². The third-order valence-corrected chi connectivity index (χ3v) is 4.91. The van der Waals surface area contributed by atoms with Crippen molar-refractivity contribution in [2.45, 2.75) is 25.9 Å². The van der Waals surface area contributed by atoms with Gasteiger partial charge in [-0.25, -0.2) is 4.79 Å². The number of hydroxylamine groups is 1. The zero-order valence-electron chi connectivity index (χ0n) is 16.9. The average molecular weight is 442 g/mol. The fraction of sp³-hybridized carbons (Fsp3) is 0.208. The summed E-state index contributed by atoms with van der Waals surface area (Å²) in [6, 6.07) is 10.6. The Morgan fingerprint density at radius 3 is 2.58 bits per heavy atom. The summed E-state index contributed by atoms with van der Waals surface area (Å²) in [5, 5.41) is 20.3. The van der Waals surface area contributed by atoms with Gasteiger partial charge >= 0.3 is 5.97 Å². The first-order valence-electron chi connectivity index (χ1n) is 9.92. The molecule has 1 aliphatic rings. The molecule has 0 atom stereocenters. The molecule has 6 nitrogen and oxygen atoms in total. The molecule has 0 unspecified atom stereocenters. The number of aromatic hydroxyl groups is 2. The molecule has 0 fully saturated rings. The summed E-state index contributed by atoms with van der Waals surface area (Å²) < 4.78 is 5.27. The van der Waals surface area contributed by atoms with Gasteiger partial charge in [-0.3, -0.25) is 10.3 Å². The second kappa shape index (κ2) is 11.2. The fourth-order valence-electron chi connectivity index (χ4n) is 2.98. The van der Waals surface area contributed by atoms with E-state index < -0.39 is 11.7 Å². The van der Waals surface area contributed by atoms with Crippen LogP contribution in [0, 0.1) is 0 Å². The van der Waals surface area contributed by atoms with Crippen molar-refractivity contribution in [2.24, 2.45) is 0 Å². The van der Waals surface area contributed by atoms with Gasteiger partial charge in [-0.05, 0) is 37.0 Å². The Balaban J connectivity index is 1.95. The van der Waals surface area contributed by atoms with E-state index in [4.69, 9.17) is 21.2 Å². The molecule has 0 bridgehead atoms. The molecule has 3 rings (SSSR count). The largest absolute Gasteiger partial charge is 0.507 e. The van der Waals surface area contributed by atoms with E-state index in [0.717, 1.165) is 24.5 Å². The van der Waals surface area contributed by atoms with Crippen LogP contribution in [-0.4, -0.2) is 22.8 Å². The number of allylic oxidation sites excluding steroid dienone is 3. The highest BCUT2D eigenvalue weighted by atomic mass is 35.5. The second-order valence-corrected chi connectivity index (χ2v) is 7.25. The zero-order chi connectivity index (χ0) is 22.1. The van der Waals surface area contributed by atoms with Crippen molar-refractivity contribution < 1.29 is 24.6 Å². The molecule has 162 valence electrons. The third-order valence-electron chi connectivity index (χ3n) is 4.52. The minimum atomic E-state index is -0.732. The summed E-state index contributed by atoms with van der Waals surface area (Å²) in [6.07, 6.45) is 11.4. The van der Waals surface area contributed by atoms with Gasteiger partial charge in [-0.1, -0.05) is 60.2 Å². The highest BCUT2D eigenvalue weighted by Gasteiger charge is 2.22. The van der Waals surface area contributed by atoms with Crippen molar-refractivity contribution in [3.8, 4) is 11.5 Å². The number of phenols is 2. The van der Waals surface area contributed by atoms with Crippen LogP contribution in [0.15, 0.2) is 66.4 Å².